The first-order valence-corrected chi connectivity index (χ1v) is 7.47. The molecule has 2 rings (SSSR count). The average molecular weight is 345 g/mol. The second-order valence-electron chi connectivity index (χ2n) is 5.89. The molecule has 1 aromatic carbocycles. The third-order valence-corrected chi connectivity index (χ3v) is 3.96. The standard InChI is InChI=1S/C16H18F3NO4/c17-16(18,19)12-3-1-2-11(8-12)9-13(21)20-15(10-14(22)23)4-6-24-7-5-15/h1-3,8H,4-7,9-10H2,(H,20,21)(H,22,23). The van der Waals surface area contributed by atoms with Gasteiger partial charge in [-0.3, -0.25) is 9.59 Å². The Bertz CT molecular complexity index is 610. The SMILES string of the molecule is O=C(O)CC1(NC(=O)Cc2cccc(C(F)(F)F)c2)CCOCC1. The Morgan fingerprint density at radius 3 is 2.50 bits per heavy atom. The number of aliphatic carboxylic acids is 1. The van der Waals surface area contributed by atoms with E-state index < -0.39 is 29.2 Å². The van der Waals surface area contributed by atoms with Crippen LogP contribution in [0.3, 0.4) is 0 Å². The fourth-order valence-electron chi connectivity index (χ4n) is 2.78. The van der Waals surface area contributed by atoms with Crippen LogP contribution in [-0.2, 0) is 26.9 Å². The molecule has 1 fully saturated rings. The third-order valence-electron chi connectivity index (χ3n) is 3.96. The summed E-state index contributed by atoms with van der Waals surface area (Å²) in [6.07, 6.45) is -4.25. The number of rotatable bonds is 5. The van der Waals surface area contributed by atoms with E-state index in [-0.39, 0.29) is 18.4 Å². The summed E-state index contributed by atoms with van der Waals surface area (Å²) >= 11 is 0. The van der Waals surface area contributed by atoms with E-state index >= 15 is 0 Å². The predicted octanol–water partition coefficient (Wildman–Crippen LogP) is 2.39. The largest absolute Gasteiger partial charge is 0.481 e. The molecule has 0 spiro atoms. The van der Waals surface area contributed by atoms with E-state index in [0.717, 1.165) is 12.1 Å². The molecule has 0 aliphatic carbocycles. The number of hydrogen-bond donors (Lipinski definition) is 2. The summed E-state index contributed by atoms with van der Waals surface area (Å²) < 4.78 is 43.3. The number of carbonyl (C=O) groups is 2. The Morgan fingerprint density at radius 2 is 1.92 bits per heavy atom. The molecule has 1 amide bonds. The molecule has 0 unspecified atom stereocenters. The molecular weight excluding hydrogens is 327 g/mol. The lowest BCUT2D eigenvalue weighted by molar-refractivity contribution is -0.141. The van der Waals surface area contributed by atoms with Crippen LogP contribution in [0.25, 0.3) is 0 Å². The van der Waals surface area contributed by atoms with Gasteiger partial charge in [-0.05, 0) is 24.5 Å². The van der Waals surface area contributed by atoms with Gasteiger partial charge in [0.1, 0.15) is 0 Å². The lowest BCUT2D eigenvalue weighted by Crippen LogP contribution is -2.53. The summed E-state index contributed by atoms with van der Waals surface area (Å²) in [5.74, 6) is -1.55. The number of carboxylic acid groups (broad SMARTS) is 1. The molecule has 0 atom stereocenters. The van der Waals surface area contributed by atoms with Gasteiger partial charge in [-0.25, -0.2) is 0 Å². The number of hydrogen-bond acceptors (Lipinski definition) is 3. The van der Waals surface area contributed by atoms with Crippen molar-refractivity contribution in [2.45, 2.75) is 37.4 Å². The molecule has 1 aromatic rings. The molecule has 0 aromatic heterocycles. The molecule has 0 saturated carbocycles. The molecule has 2 N–H and O–H groups in total. The highest BCUT2D eigenvalue weighted by Crippen LogP contribution is 2.30. The summed E-state index contributed by atoms with van der Waals surface area (Å²) in [7, 11) is 0. The van der Waals surface area contributed by atoms with Crippen LogP contribution >= 0.6 is 0 Å². The van der Waals surface area contributed by atoms with E-state index in [1.807, 2.05) is 0 Å². The minimum absolute atomic E-state index is 0.222. The number of amides is 1. The normalized spacial score (nSPS) is 17.3. The zero-order chi connectivity index (χ0) is 17.8. The fourth-order valence-corrected chi connectivity index (χ4v) is 2.78. The van der Waals surface area contributed by atoms with Crippen molar-refractivity contribution in [2.75, 3.05) is 13.2 Å². The van der Waals surface area contributed by atoms with Crippen molar-refractivity contribution in [3.63, 3.8) is 0 Å². The van der Waals surface area contributed by atoms with E-state index in [1.54, 1.807) is 0 Å². The third kappa shape index (κ3) is 4.95. The Balaban J connectivity index is 2.07. The predicted molar refractivity (Wildman–Crippen MR) is 78.3 cm³/mol. The Kier molecular flexibility index (Phi) is 5.48. The van der Waals surface area contributed by atoms with Gasteiger partial charge in [0.25, 0.3) is 0 Å². The van der Waals surface area contributed by atoms with Crippen LogP contribution in [0.5, 0.6) is 0 Å². The van der Waals surface area contributed by atoms with E-state index in [4.69, 9.17) is 9.84 Å². The van der Waals surface area contributed by atoms with Gasteiger partial charge in [-0.15, -0.1) is 0 Å². The number of benzene rings is 1. The Hall–Kier alpha value is -2.09. The lowest BCUT2D eigenvalue weighted by atomic mass is 9.86. The minimum atomic E-state index is -4.47. The number of ether oxygens (including phenoxy) is 1. The highest BCUT2D eigenvalue weighted by molar-refractivity contribution is 5.80. The van der Waals surface area contributed by atoms with Crippen LogP contribution in [0.2, 0.25) is 0 Å². The first-order chi connectivity index (χ1) is 11.2. The molecule has 1 aliphatic heterocycles. The molecule has 8 heteroatoms. The van der Waals surface area contributed by atoms with Crippen molar-refractivity contribution in [3.8, 4) is 0 Å². The quantitative estimate of drug-likeness (QED) is 0.859. The van der Waals surface area contributed by atoms with E-state index in [9.17, 15) is 22.8 Å². The van der Waals surface area contributed by atoms with E-state index in [1.165, 1.54) is 12.1 Å². The van der Waals surface area contributed by atoms with Crippen LogP contribution in [0.4, 0.5) is 13.2 Å². The minimum Gasteiger partial charge on any atom is -0.481 e. The molecule has 0 radical (unpaired) electrons. The maximum absolute atomic E-state index is 12.7. The van der Waals surface area contributed by atoms with Crippen LogP contribution in [0.1, 0.15) is 30.4 Å². The second kappa shape index (κ2) is 7.21. The zero-order valence-corrected chi connectivity index (χ0v) is 12.9. The van der Waals surface area contributed by atoms with Gasteiger partial charge in [0.05, 0.1) is 23.9 Å². The van der Waals surface area contributed by atoms with Crippen LogP contribution in [0, 0.1) is 0 Å². The smallest absolute Gasteiger partial charge is 0.416 e. The summed E-state index contributed by atoms with van der Waals surface area (Å²) in [6.45, 7) is 0.661. The molecule has 24 heavy (non-hydrogen) atoms. The van der Waals surface area contributed by atoms with Crippen molar-refractivity contribution >= 4 is 11.9 Å². The first-order valence-electron chi connectivity index (χ1n) is 7.47. The van der Waals surface area contributed by atoms with Gasteiger partial charge in [-0.2, -0.15) is 13.2 Å². The number of halogens is 3. The number of carboxylic acids is 1. The fraction of sp³-hybridized carbons (Fsp3) is 0.500. The average Bonchev–Trinajstić information content (AvgIpc) is 2.46. The second-order valence-corrected chi connectivity index (χ2v) is 5.89. The van der Waals surface area contributed by atoms with E-state index in [0.29, 0.717) is 26.1 Å². The van der Waals surface area contributed by atoms with Crippen LogP contribution < -0.4 is 5.32 Å². The first kappa shape index (κ1) is 18.3. The summed E-state index contributed by atoms with van der Waals surface area (Å²) in [5, 5.41) is 11.7. The van der Waals surface area contributed by atoms with Gasteiger partial charge >= 0.3 is 12.1 Å². The molecule has 1 heterocycles. The molecule has 132 valence electrons. The lowest BCUT2D eigenvalue weighted by Gasteiger charge is -2.36. The van der Waals surface area contributed by atoms with Gasteiger partial charge in [-0.1, -0.05) is 18.2 Å². The highest BCUT2D eigenvalue weighted by atomic mass is 19.4. The van der Waals surface area contributed by atoms with Crippen LogP contribution in [0.15, 0.2) is 24.3 Å². The molecule has 1 aliphatic rings. The van der Waals surface area contributed by atoms with Gasteiger partial charge in [0, 0.05) is 13.2 Å². The van der Waals surface area contributed by atoms with Crippen molar-refractivity contribution in [3.05, 3.63) is 35.4 Å². The highest BCUT2D eigenvalue weighted by Gasteiger charge is 2.36. The zero-order valence-electron chi connectivity index (χ0n) is 12.9. The maximum Gasteiger partial charge on any atom is 0.416 e. The molecule has 0 bridgehead atoms. The number of carbonyl (C=O) groups excluding carboxylic acids is 1. The van der Waals surface area contributed by atoms with Gasteiger partial charge < -0.3 is 15.2 Å². The van der Waals surface area contributed by atoms with Crippen molar-refractivity contribution in [1.82, 2.24) is 5.32 Å². The van der Waals surface area contributed by atoms with Gasteiger partial charge in [0.15, 0.2) is 0 Å². The summed E-state index contributed by atoms with van der Waals surface area (Å²) in [5.41, 5.74) is -1.51. The Labute approximate surface area is 136 Å². The van der Waals surface area contributed by atoms with Crippen LogP contribution in [-0.4, -0.2) is 35.7 Å². The summed E-state index contributed by atoms with van der Waals surface area (Å²) in [4.78, 5) is 23.3. The molecular formula is C16H18F3NO4. The Morgan fingerprint density at radius 1 is 1.25 bits per heavy atom. The maximum atomic E-state index is 12.7. The van der Waals surface area contributed by atoms with E-state index in [2.05, 4.69) is 5.32 Å². The van der Waals surface area contributed by atoms with Gasteiger partial charge in [0.2, 0.25) is 5.91 Å². The summed E-state index contributed by atoms with van der Waals surface area (Å²) in [6, 6.07) is 4.54. The van der Waals surface area contributed by atoms with Crippen molar-refractivity contribution in [1.29, 1.82) is 0 Å². The molecule has 1 saturated heterocycles. The van der Waals surface area contributed by atoms with Crippen molar-refractivity contribution < 1.29 is 32.6 Å². The topological polar surface area (TPSA) is 75.6 Å². The van der Waals surface area contributed by atoms with Crippen molar-refractivity contribution in [2.24, 2.45) is 0 Å². The molecule has 5 nitrogen and oxygen atoms in total. The monoisotopic (exact) mass is 345 g/mol. The number of nitrogens with one attached hydrogen (secondary N) is 1. The number of alkyl halides is 3.